The van der Waals surface area contributed by atoms with Crippen molar-refractivity contribution < 1.29 is 9.90 Å². The summed E-state index contributed by atoms with van der Waals surface area (Å²) in [4.78, 5) is 10.8. The zero-order valence-electron chi connectivity index (χ0n) is 9.76. The molecule has 3 N–H and O–H groups in total. The first kappa shape index (κ1) is 12.1. The largest absolute Gasteiger partial charge is 0.478 e. The van der Waals surface area contributed by atoms with Gasteiger partial charge in [0.2, 0.25) is 0 Å². The van der Waals surface area contributed by atoms with Gasteiger partial charge in [-0.2, -0.15) is 0 Å². The molecule has 0 aliphatic rings. The monoisotopic (exact) mass is 242 g/mol. The maximum atomic E-state index is 10.8. The number of hydrazine groups is 1. The molecule has 0 bridgehead atoms. The molecule has 2 aromatic rings. The van der Waals surface area contributed by atoms with Crippen LogP contribution in [0.15, 0.2) is 54.6 Å². The highest BCUT2D eigenvalue weighted by Gasteiger charge is 2.02. The molecule has 0 aliphatic carbocycles. The summed E-state index contributed by atoms with van der Waals surface area (Å²) in [5.41, 5.74) is 8.27. The van der Waals surface area contributed by atoms with Gasteiger partial charge in [-0.3, -0.25) is 0 Å². The smallest absolute Gasteiger partial charge is 0.335 e. The van der Waals surface area contributed by atoms with Gasteiger partial charge >= 0.3 is 5.97 Å². The lowest BCUT2D eigenvalue weighted by atomic mass is 10.1. The Balaban J connectivity index is 1.90. The minimum atomic E-state index is -0.909. The van der Waals surface area contributed by atoms with E-state index < -0.39 is 5.97 Å². The third-order valence-corrected chi connectivity index (χ3v) is 2.47. The first-order chi connectivity index (χ1) is 8.75. The van der Waals surface area contributed by atoms with E-state index >= 15 is 0 Å². The molecule has 0 radical (unpaired) electrons. The Morgan fingerprint density at radius 2 is 1.83 bits per heavy atom. The molecule has 0 atom stereocenters. The van der Waals surface area contributed by atoms with Crippen LogP contribution in [0.1, 0.15) is 15.9 Å². The highest BCUT2D eigenvalue weighted by Crippen LogP contribution is 2.06. The normalized spacial score (nSPS) is 10.0. The van der Waals surface area contributed by atoms with Crippen LogP contribution >= 0.6 is 0 Å². The van der Waals surface area contributed by atoms with Crippen LogP contribution in [0.5, 0.6) is 0 Å². The number of rotatable bonds is 5. The molecule has 0 heterocycles. The zero-order chi connectivity index (χ0) is 12.8. The predicted molar refractivity (Wildman–Crippen MR) is 70.3 cm³/mol. The van der Waals surface area contributed by atoms with Gasteiger partial charge in [0, 0.05) is 12.2 Å². The van der Waals surface area contributed by atoms with Crippen molar-refractivity contribution in [2.24, 2.45) is 0 Å². The standard InChI is InChI=1S/C14H14N2O2/c17-14(18)12-6-4-5-11(9-12)10-15-16-13-7-2-1-3-8-13/h1-9,15-16H,10H2,(H,17,18). The van der Waals surface area contributed by atoms with Crippen molar-refractivity contribution in [1.29, 1.82) is 0 Å². The van der Waals surface area contributed by atoms with Gasteiger partial charge in [-0.1, -0.05) is 30.3 Å². The molecule has 0 saturated heterocycles. The van der Waals surface area contributed by atoms with Gasteiger partial charge in [0.05, 0.1) is 5.56 Å². The van der Waals surface area contributed by atoms with Crippen molar-refractivity contribution in [3.63, 3.8) is 0 Å². The van der Waals surface area contributed by atoms with Crippen LogP contribution < -0.4 is 10.9 Å². The zero-order valence-corrected chi connectivity index (χ0v) is 9.76. The number of carbonyl (C=O) groups is 1. The summed E-state index contributed by atoms with van der Waals surface area (Å²) in [5.74, 6) is -0.909. The molecule has 18 heavy (non-hydrogen) atoms. The third-order valence-electron chi connectivity index (χ3n) is 2.47. The number of carboxylic acid groups (broad SMARTS) is 1. The fourth-order valence-electron chi connectivity index (χ4n) is 1.58. The van der Waals surface area contributed by atoms with Crippen LogP contribution in [0.25, 0.3) is 0 Å². The van der Waals surface area contributed by atoms with Gasteiger partial charge in [-0.05, 0) is 29.8 Å². The number of nitrogens with one attached hydrogen (secondary N) is 2. The molecule has 0 fully saturated rings. The van der Waals surface area contributed by atoms with Crippen LogP contribution in [0.4, 0.5) is 5.69 Å². The number of aromatic carboxylic acids is 1. The van der Waals surface area contributed by atoms with E-state index in [1.807, 2.05) is 36.4 Å². The minimum absolute atomic E-state index is 0.300. The molecule has 0 spiro atoms. The second kappa shape index (κ2) is 5.84. The van der Waals surface area contributed by atoms with Gasteiger partial charge in [0.1, 0.15) is 0 Å². The van der Waals surface area contributed by atoms with Crippen LogP contribution in [-0.4, -0.2) is 11.1 Å². The lowest BCUT2D eigenvalue weighted by Crippen LogP contribution is -2.20. The highest BCUT2D eigenvalue weighted by molar-refractivity contribution is 5.87. The number of benzene rings is 2. The average molecular weight is 242 g/mol. The lowest BCUT2D eigenvalue weighted by molar-refractivity contribution is 0.0697. The summed E-state index contributed by atoms with van der Waals surface area (Å²) in [6, 6.07) is 16.6. The van der Waals surface area contributed by atoms with Crippen LogP contribution in [0.2, 0.25) is 0 Å². The second-order valence-corrected chi connectivity index (χ2v) is 3.85. The third kappa shape index (κ3) is 3.33. The van der Waals surface area contributed by atoms with Gasteiger partial charge in [0.15, 0.2) is 0 Å². The summed E-state index contributed by atoms with van der Waals surface area (Å²) in [6.07, 6.45) is 0. The maximum Gasteiger partial charge on any atom is 0.335 e. The molecule has 2 aromatic carbocycles. The quantitative estimate of drug-likeness (QED) is 0.705. The molecule has 0 aromatic heterocycles. The molecule has 0 amide bonds. The van der Waals surface area contributed by atoms with Crippen molar-refractivity contribution >= 4 is 11.7 Å². The van der Waals surface area contributed by atoms with Gasteiger partial charge < -0.3 is 10.5 Å². The molecular weight excluding hydrogens is 228 g/mol. The van der Waals surface area contributed by atoms with E-state index in [4.69, 9.17) is 5.11 Å². The first-order valence-corrected chi connectivity index (χ1v) is 5.62. The second-order valence-electron chi connectivity index (χ2n) is 3.85. The number of hydrogen-bond acceptors (Lipinski definition) is 3. The highest BCUT2D eigenvalue weighted by atomic mass is 16.4. The molecule has 0 unspecified atom stereocenters. The van der Waals surface area contributed by atoms with E-state index in [1.165, 1.54) is 0 Å². The summed E-state index contributed by atoms with van der Waals surface area (Å²) in [6.45, 7) is 0.552. The summed E-state index contributed by atoms with van der Waals surface area (Å²) in [5, 5.41) is 8.88. The van der Waals surface area contributed by atoms with Crippen LogP contribution in [0.3, 0.4) is 0 Å². The molecule has 4 heteroatoms. The number of hydrogen-bond donors (Lipinski definition) is 3. The predicted octanol–water partition coefficient (Wildman–Crippen LogP) is 2.50. The Morgan fingerprint density at radius 1 is 1.06 bits per heavy atom. The Labute approximate surface area is 105 Å². The maximum absolute atomic E-state index is 10.8. The van der Waals surface area contributed by atoms with Crippen LogP contribution in [0, 0.1) is 0 Å². The fourth-order valence-corrected chi connectivity index (χ4v) is 1.58. The van der Waals surface area contributed by atoms with Crippen molar-refractivity contribution in [3.05, 3.63) is 65.7 Å². The van der Waals surface area contributed by atoms with E-state index in [1.54, 1.807) is 18.2 Å². The molecule has 0 aliphatic heterocycles. The Hall–Kier alpha value is -2.33. The van der Waals surface area contributed by atoms with Crippen molar-refractivity contribution in [3.8, 4) is 0 Å². The summed E-state index contributed by atoms with van der Waals surface area (Å²) >= 11 is 0. The van der Waals surface area contributed by atoms with E-state index in [0.29, 0.717) is 12.1 Å². The number of carboxylic acids is 1. The average Bonchev–Trinajstić information content (AvgIpc) is 2.40. The Kier molecular flexibility index (Phi) is 3.94. The van der Waals surface area contributed by atoms with Gasteiger partial charge in [0.25, 0.3) is 0 Å². The van der Waals surface area contributed by atoms with Gasteiger partial charge in [-0.25, -0.2) is 10.2 Å². The van der Waals surface area contributed by atoms with Crippen molar-refractivity contribution in [2.45, 2.75) is 6.54 Å². The number of anilines is 1. The van der Waals surface area contributed by atoms with Crippen molar-refractivity contribution in [2.75, 3.05) is 5.43 Å². The van der Waals surface area contributed by atoms with E-state index in [2.05, 4.69) is 10.9 Å². The SMILES string of the molecule is O=C(O)c1cccc(CNNc2ccccc2)c1. The van der Waals surface area contributed by atoms with E-state index in [9.17, 15) is 4.79 Å². The first-order valence-electron chi connectivity index (χ1n) is 5.62. The van der Waals surface area contributed by atoms with Gasteiger partial charge in [-0.15, -0.1) is 0 Å². The molecule has 2 rings (SSSR count). The van der Waals surface area contributed by atoms with E-state index in [0.717, 1.165) is 11.3 Å². The Morgan fingerprint density at radius 3 is 2.56 bits per heavy atom. The fraction of sp³-hybridized carbons (Fsp3) is 0.0714. The molecule has 0 saturated carbocycles. The van der Waals surface area contributed by atoms with Crippen LogP contribution in [-0.2, 0) is 6.54 Å². The lowest BCUT2D eigenvalue weighted by Gasteiger charge is -2.08. The summed E-state index contributed by atoms with van der Waals surface area (Å²) < 4.78 is 0. The van der Waals surface area contributed by atoms with E-state index in [-0.39, 0.29) is 0 Å². The summed E-state index contributed by atoms with van der Waals surface area (Å²) in [7, 11) is 0. The number of para-hydroxylation sites is 1. The molecule has 4 nitrogen and oxygen atoms in total. The Bertz CT molecular complexity index is 526. The topological polar surface area (TPSA) is 61.4 Å². The molecule has 92 valence electrons. The van der Waals surface area contributed by atoms with Crippen molar-refractivity contribution in [1.82, 2.24) is 5.43 Å². The molecular formula is C14H14N2O2. The minimum Gasteiger partial charge on any atom is -0.478 e.